The predicted molar refractivity (Wildman–Crippen MR) is 46.7 cm³/mol. The van der Waals surface area contributed by atoms with E-state index >= 15 is 0 Å². The average molecular weight is 186 g/mol. The molecule has 0 bridgehead atoms. The smallest absolute Gasteiger partial charge is 0.233 e. The summed E-state index contributed by atoms with van der Waals surface area (Å²) in [6.07, 6.45) is 0.281. The topological polar surface area (TPSA) is 72.2 Å². The number of piperidine rings is 1. The number of nitro groups is 1. The Balaban J connectivity index is 2.71. The summed E-state index contributed by atoms with van der Waals surface area (Å²) in [5.74, 6) is -0.0120. The number of nitrogens with zero attached hydrogens (tertiary/aromatic N) is 1. The van der Waals surface area contributed by atoms with Crippen LogP contribution in [0.2, 0.25) is 0 Å². The van der Waals surface area contributed by atoms with Gasteiger partial charge in [0.2, 0.25) is 11.9 Å². The maximum Gasteiger partial charge on any atom is 0.233 e. The minimum Gasteiger partial charge on any atom is -0.349 e. The molecule has 1 rings (SSSR count). The zero-order valence-electron chi connectivity index (χ0n) is 7.82. The SMILES string of the molecule is CC(C)[C@H]1CC(=O)NC[C@@H]1[N+](=O)[O-]. The average Bonchev–Trinajstić information content (AvgIpc) is 2.03. The molecule has 1 aliphatic heterocycles. The van der Waals surface area contributed by atoms with Crippen molar-refractivity contribution < 1.29 is 9.72 Å². The van der Waals surface area contributed by atoms with Crippen LogP contribution in [-0.4, -0.2) is 23.4 Å². The van der Waals surface area contributed by atoms with Gasteiger partial charge in [-0.25, -0.2) is 0 Å². The van der Waals surface area contributed by atoms with Crippen molar-refractivity contribution in [3.8, 4) is 0 Å². The minimum absolute atomic E-state index is 0.0724. The van der Waals surface area contributed by atoms with E-state index in [0.29, 0.717) is 0 Å². The van der Waals surface area contributed by atoms with Gasteiger partial charge in [0.05, 0.1) is 6.54 Å². The Morgan fingerprint density at radius 1 is 1.62 bits per heavy atom. The van der Waals surface area contributed by atoms with E-state index in [4.69, 9.17) is 0 Å². The van der Waals surface area contributed by atoms with Gasteiger partial charge in [0.1, 0.15) is 0 Å². The normalized spacial score (nSPS) is 28.7. The molecule has 0 radical (unpaired) electrons. The summed E-state index contributed by atoms with van der Waals surface area (Å²) in [4.78, 5) is 21.4. The van der Waals surface area contributed by atoms with Crippen LogP contribution >= 0.6 is 0 Å². The molecule has 1 saturated heterocycles. The van der Waals surface area contributed by atoms with E-state index in [1.165, 1.54) is 0 Å². The minimum atomic E-state index is -0.613. The quantitative estimate of drug-likeness (QED) is 0.502. The van der Waals surface area contributed by atoms with Crippen molar-refractivity contribution in [1.29, 1.82) is 0 Å². The van der Waals surface area contributed by atoms with E-state index in [-0.39, 0.29) is 35.6 Å². The first kappa shape index (κ1) is 9.95. The van der Waals surface area contributed by atoms with Crippen molar-refractivity contribution in [2.45, 2.75) is 26.3 Å². The third kappa shape index (κ3) is 2.17. The monoisotopic (exact) mass is 186 g/mol. The number of rotatable bonds is 2. The van der Waals surface area contributed by atoms with Crippen LogP contribution in [-0.2, 0) is 4.79 Å². The second-order valence-electron chi connectivity index (χ2n) is 3.77. The summed E-state index contributed by atoms with van der Waals surface area (Å²) in [5.41, 5.74) is 0. The summed E-state index contributed by atoms with van der Waals surface area (Å²) in [7, 11) is 0. The van der Waals surface area contributed by atoms with Crippen molar-refractivity contribution in [2.75, 3.05) is 6.54 Å². The van der Waals surface area contributed by atoms with Crippen molar-refractivity contribution in [3.05, 3.63) is 10.1 Å². The van der Waals surface area contributed by atoms with Crippen molar-refractivity contribution in [3.63, 3.8) is 0 Å². The Morgan fingerprint density at radius 3 is 2.69 bits per heavy atom. The van der Waals surface area contributed by atoms with Crippen LogP contribution < -0.4 is 5.32 Å². The highest BCUT2D eigenvalue weighted by Crippen LogP contribution is 2.23. The summed E-state index contributed by atoms with van der Waals surface area (Å²) in [6.45, 7) is 4.01. The zero-order chi connectivity index (χ0) is 10.0. The molecule has 0 aromatic heterocycles. The van der Waals surface area contributed by atoms with Gasteiger partial charge in [0, 0.05) is 17.3 Å². The summed E-state index contributed by atoms with van der Waals surface area (Å²) < 4.78 is 0. The third-order valence-electron chi connectivity index (χ3n) is 2.55. The van der Waals surface area contributed by atoms with Crippen LogP contribution in [0.5, 0.6) is 0 Å². The molecule has 1 amide bonds. The van der Waals surface area contributed by atoms with E-state index in [0.717, 1.165) is 0 Å². The molecule has 0 spiro atoms. The maximum absolute atomic E-state index is 11.0. The molecule has 2 atom stereocenters. The molecule has 0 aromatic carbocycles. The molecular weight excluding hydrogens is 172 g/mol. The van der Waals surface area contributed by atoms with Crippen LogP contribution in [0.15, 0.2) is 0 Å². The Morgan fingerprint density at radius 2 is 2.23 bits per heavy atom. The van der Waals surface area contributed by atoms with E-state index in [9.17, 15) is 14.9 Å². The van der Waals surface area contributed by atoms with Gasteiger partial charge in [-0.1, -0.05) is 13.8 Å². The lowest BCUT2D eigenvalue weighted by atomic mass is 9.83. The Bertz CT molecular complexity index is 227. The second-order valence-corrected chi connectivity index (χ2v) is 3.77. The molecule has 5 heteroatoms. The van der Waals surface area contributed by atoms with Gasteiger partial charge in [-0.2, -0.15) is 0 Å². The first-order valence-electron chi connectivity index (χ1n) is 4.42. The lowest BCUT2D eigenvalue weighted by molar-refractivity contribution is -0.532. The van der Waals surface area contributed by atoms with Gasteiger partial charge in [-0.15, -0.1) is 0 Å². The summed E-state index contributed by atoms with van der Waals surface area (Å²) in [5, 5.41) is 13.1. The molecule has 1 N–H and O–H groups in total. The predicted octanol–water partition coefficient (Wildman–Crippen LogP) is 0.424. The highest BCUT2D eigenvalue weighted by Gasteiger charge is 2.38. The van der Waals surface area contributed by atoms with Gasteiger partial charge in [-0.3, -0.25) is 14.9 Å². The molecule has 5 nitrogen and oxygen atoms in total. The van der Waals surface area contributed by atoms with E-state index < -0.39 is 6.04 Å². The van der Waals surface area contributed by atoms with Crippen LogP contribution in [0.4, 0.5) is 0 Å². The number of hydrogen-bond donors (Lipinski definition) is 1. The molecule has 0 aliphatic carbocycles. The second kappa shape index (κ2) is 3.72. The lowest BCUT2D eigenvalue weighted by Crippen LogP contribution is -2.49. The van der Waals surface area contributed by atoms with Crippen molar-refractivity contribution in [2.24, 2.45) is 11.8 Å². The van der Waals surface area contributed by atoms with Crippen LogP contribution in [0, 0.1) is 22.0 Å². The Kier molecular flexibility index (Phi) is 2.85. The fourth-order valence-electron chi connectivity index (χ4n) is 1.70. The molecule has 74 valence electrons. The van der Waals surface area contributed by atoms with Crippen LogP contribution in [0.3, 0.4) is 0 Å². The van der Waals surface area contributed by atoms with Crippen molar-refractivity contribution >= 4 is 5.91 Å². The van der Waals surface area contributed by atoms with Crippen LogP contribution in [0.1, 0.15) is 20.3 Å². The highest BCUT2D eigenvalue weighted by atomic mass is 16.6. The molecule has 0 saturated carbocycles. The van der Waals surface area contributed by atoms with Crippen molar-refractivity contribution in [1.82, 2.24) is 5.32 Å². The maximum atomic E-state index is 11.0. The Hall–Kier alpha value is -1.13. The van der Waals surface area contributed by atoms with Gasteiger partial charge < -0.3 is 5.32 Å². The largest absolute Gasteiger partial charge is 0.349 e. The number of carbonyl (C=O) groups excluding carboxylic acids is 1. The molecule has 0 aromatic rings. The third-order valence-corrected chi connectivity index (χ3v) is 2.55. The van der Waals surface area contributed by atoms with Gasteiger partial charge in [0.15, 0.2) is 0 Å². The molecule has 0 unspecified atom stereocenters. The van der Waals surface area contributed by atoms with E-state index in [2.05, 4.69) is 5.32 Å². The molecule has 1 heterocycles. The molecule has 13 heavy (non-hydrogen) atoms. The van der Waals surface area contributed by atoms with Crippen LogP contribution in [0.25, 0.3) is 0 Å². The van der Waals surface area contributed by atoms with Gasteiger partial charge >= 0.3 is 0 Å². The first-order valence-corrected chi connectivity index (χ1v) is 4.42. The fourth-order valence-corrected chi connectivity index (χ4v) is 1.70. The van der Waals surface area contributed by atoms with Gasteiger partial charge in [-0.05, 0) is 5.92 Å². The molecule has 1 aliphatic rings. The number of hydrogen-bond acceptors (Lipinski definition) is 3. The lowest BCUT2D eigenvalue weighted by Gasteiger charge is -2.28. The van der Waals surface area contributed by atoms with E-state index in [1.807, 2.05) is 13.8 Å². The molecular formula is C8H14N2O3. The van der Waals surface area contributed by atoms with E-state index in [1.54, 1.807) is 0 Å². The van der Waals surface area contributed by atoms with Gasteiger partial charge in [0.25, 0.3) is 0 Å². The Labute approximate surface area is 76.7 Å². The first-order chi connectivity index (χ1) is 6.02. The number of carbonyl (C=O) groups is 1. The number of nitrogens with one attached hydrogen (secondary N) is 1. The number of amides is 1. The standard InChI is InChI=1S/C8H14N2O3/c1-5(2)6-3-8(11)9-4-7(6)10(12)13/h5-7H,3-4H2,1-2H3,(H,9,11)/t6-,7+/m1/s1. The zero-order valence-corrected chi connectivity index (χ0v) is 7.82. The summed E-state index contributed by atoms with van der Waals surface area (Å²) in [6, 6.07) is -0.613. The fraction of sp³-hybridized carbons (Fsp3) is 0.875. The highest BCUT2D eigenvalue weighted by molar-refractivity contribution is 5.77. The summed E-state index contributed by atoms with van der Waals surface area (Å²) >= 11 is 0. The molecule has 1 fully saturated rings.